The molecule has 0 amide bonds. The number of aryl methyl sites for hydroxylation is 1. The van der Waals surface area contributed by atoms with Crippen molar-refractivity contribution in [1.29, 1.82) is 0 Å². The van der Waals surface area contributed by atoms with E-state index in [1.54, 1.807) is 7.11 Å². The number of nitrogens with one attached hydrogen (secondary N) is 1. The van der Waals surface area contributed by atoms with Gasteiger partial charge in [0.05, 0.1) is 23.5 Å². The summed E-state index contributed by atoms with van der Waals surface area (Å²) in [7, 11) is 1.65. The number of nitrogen functional groups attached to an aromatic ring is 1. The van der Waals surface area contributed by atoms with E-state index in [4.69, 9.17) is 10.6 Å². The van der Waals surface area contributed by atoms with Crippen molar-refractivity contribution >= 4 is 32.5 Å². The molecule has 0 saturated heterocycles. The third-order valence-corrected chi connectivity index (χ3v) is 3.53. The number of ether oxygens (including phenoxy) is 1. The number of fused-ring (bicyclic) bond motifs is 1. The molecule has 1 aromatic heterocycles. The van der Waals surface area contributed by atoms with Crippen LogP contribution in [0.5, 0.6) is 0 Å². The van der Waals surface area contributed by atoms with Crippen LogP contribution in [0.4, 0.5) is 5.69 Å². The van der Waals surface area contributed by atoms with Crippen molar-refractivity contribution < 1.29 is 4.74 Å². The molecule has 17 heavy (non-hydrogen) atoms. The summed E-state index contributed by atoms with van der Waals surface area (Å²) < 4.78 is 6.14. The Balaban J connectivity index is 2.73. The van der Waals surface area contributed by atoms with E-state index in [1.165, 1.54) is 0 Å². The van der Waals surface area contributed by atoms with Crippen LogP contribution in [-0.4, -0.2) is 12.1 Å². The fourth-order valence-electron chi connectivity index (χ4n) is 1.80. The molecule has 0 fully saturated rings. The number of rotatable bonds is 3. The summed E-state index contributed by atoms with van der Waals surface area (Å²) >= 11 is 3.50. The van der Waals surface area contributed by atoms with Gasteiger partial charge in [-0.05, 0) is 30.7 Å². The maximum atomic E-state index is 5.54. The smallest absolute Gasteiger partial charge is 0.0885 e. The van der Waals surface area contributed by atoms with Crippen molar-refractivity contribution in [3.63, 3.8) is 0 Å². The second-order valence-corrected chi connectivity index (χ2v) is 4.66. The molecular weight excluding hydrogens is 282 g/mol. The van der Waals surface area contributed by atoms with E-state index in [0.29, 0.717) is 6.61 Å². The van der Waals surface area contributed by atoms with E-state index in [2.05, 4.69) is 26.3 Å². The Morgan fingerprint density at radius 3 is 2.88 bits per heavy atom. The van der Waals surface area contributed by atoms with Gasteiger partial charge in [-0.1, -0.05) is 15.9 Å². The molecule has 0 saturated carbocycles. The van der Waals surface area contributed by atoms with Crippen molar-refractivity contribution in [2.24, 2.45) is 5.84 Å². The highest BCUT2D eigenvalue weighted by Crippen LogP contribution is 2.29. The van der Waals surface area contributed by atoms with Gasteiger partial charge < -0.3 is 10.2 Å². The Bertz CT molecular complexity index is 557. The van der Waals surface area contributed by atoms with Crippen molar-refractivity contribution in [2.75, 3.05) is 12.5 Å². The van der Waals surface area contributed by atoms with Crippen LogP contribution in [0.3, 0.4) is 0 Å². The molecule has 0 aliphatic carbocycles. The lowest BCUT2D eigenvalue weighted by atomic mass is 10.1. The molecule has 2 rings (SSSR count). The number of aromatic nitrogens is 1. The summed E-state index contributed by atoms with van der Waals surface area (Å²) in [5, 5.41) is 1.01. The van der Waals surface area contributed by atoms with E-state index < -0.39 is 0 Å². The number of pyridine rings is 1. The summed E-state index contributed by atoms with van der Waals surface area (Å²) in [5.74, 6) is 5.54. The zero-order chi connectivity index (χ0) is 12.4. The SMILES string of the molecule is COCc1cc(NN)c2ccc(Br)c(C)c2n1. The zero-order valence-corrected chi connectivity index (χ0v) is 11.3. The Morgan fingerprint density at radius 2 is 2.24 bits per heavy atom. The van der Waals surface area contributed by atoms with E-state index >= 15 is 0 Å². The third-order valence-electron chi connectivity index (χ3n) is 2.67. The van der Waals surface area contributed by atoms with Gasteiger partial charge in [-0.2, -0.15) is 0 Å². The Kier molecular flexibility index (Phi) is 3.61. The van der Waals surface area contributed by atoms with Gasteiger partial charge in [0, 0.05) is 17.0 Å². The number of benzene rings is 1. The van der Waals surface area contributed by atoms with E-state index in [1.807, 2.05) is 25.1 Å². The zero-order valence-electron chi connectivity index (χ0n) is 9.75. The van der Waals surface area contributed by atoms with Crippen LogP contribution in [0.1, 0.15) is 11.3 Å². The topological polar surface area (TPSA) is 60.2 Å². The predicted octanol–water partition coefficient (Wildman–Crippen LogP) is 2.74. The van der Waals surface area contributed by atoms with Crippen LogP contribution >= 0.6 is 15.9 Å². The average Bonchev–Trinajstić information content (AvgIpc) is 2.34. The third kappa shape index (κ3) is 2.26. The molecule has 0 unspecified atom stereocenters. The number of halogens is 1. The average molecular weight is 296 g/mol. The second kappa shape index (κ2) is 5.00. The molecule has 90 valence electrons. The Morgan fingerprint density at radius 1 is 1.47 bits per heavy atom. The van der Waals surface area contributed by atoms with Crippen molar-refractivity contribution in [3.05, 3.63) is 33.9 Å². The van der Waals surface area contributed by atoms with Crippen molar-refractivity contribution in [1.82, 2.24) is 4.98 Å². The quantitative estimate of drug-likeness (QED) is 0.675. The maximum Gasteiger partial charge on any atom is 0.0885 e. The predicted molar refractivity (Wildman–Crippen MR) is 72.7 cm³/mol. The lowest BCUT2D eigenvalue weighted by Gasteiger charge is -2.11. The van der Waals surface area contributed by atoms with Gasteiger partial charge in [0.1, 0.15) is 0 Å². The number of hydrogen-bond donors (Lipinski definition) is 2. The molecule has 0 radical (unpaired) electrons. The molecule has 1 heterocycles. The second-order valence-electron chi connectivity index (χ2n) is 3.81. The summed E-state index contributed by atoms with van der Waals surface area (Å²) in [6, 6.07) is 5.89. The molecule has 0 spiro atoms. The number of anilines is 1. The van der Waals surface area contributed by atoms with Crippen LogP contribution in [0.25, 0.3) is 10.9 Å². The van der Waals surface area contributed by atoms with Crippen LogP contribution in [-0.2, 0) is 11.3 Å². The molecule has 2 aromatic rings. The standard InChI is InChI=1S/C12H14BrN3O/c1-7-10(13)4-3-9-11(16-14)5-8(6-17-2)15-12(7)9/h3-5H,6,14H2,1-2H3,(H,15,16). The molecular formula is C12H14BrN3O. The summed E-state index contributed by atoms with van der Waals surface area (Å²) in [4.78, 5) is 4.58. The highest BCUT2D eigenvalue weighted by atomic mass is 79.9. The van der Waals surface area contributed by atoms with Crippen LogP contribution < -0.4 is 11.3 Å². The van der Waals surface area contributed by atoms with Crippen LogP contribution in [0, 0.1) is 6.92 Å². The molecule has 0 atom stereocenters. The minimum atomic E-state index is 0.469. The first-order valence-electron chi connectivity index (χ1n) is 5.21. The molecule has 3 N–H and O–H groups in total. The maximum absolute atomic E-state index is 5.54. The van der Waals surface area contributed by atoms with E-state index in [9.17, 15) is 0 Å². The van der Waals surface area contributed by atoms with Crippen molar-refractivity contribution in [3.8, 4) is 0 Å². The van der Waals surface area contributed by atoms with Crippen LogP contribution in [0.2, 0.25) is 0 Å². The molecule has 0 aliphatic rings. The van der Waals surface area contributed by atoms with Gasteiger partial charge in [-0.15, -0.1) is 0 Å². The fourth-order valence-corrected chi connectivity index (χ4v) is 2.12. The number of methoxy groups -OCH3 is 1. The normalized spacial score (nSPS) is 10.8. The molecule has 0 bridgehead atoms. The minimum Gasteiger partial charge on any atom is -0.378 e. The minimum absolute atomic E-state index is 0.469. The first kappa shape index (κ1) is 12.3. The van der Waals surface area contributed by atoms with Gasteiger partial charge in [-0.3, -0.25) is 5.84 Å². The molecule has 4 nitrogen and oxygen atoms in total. The van der Waals surface area contributed by atoms with Gasteiger partial charge in [-0.25, -0.2) is 4.98 Å². The summed E-state index contributed by atoms with van der Waals surface area (Å²) in [5.41, 5.74) is 6.45. The van der Waals surface area contributed by atoms with E-state index in [-0.39, 0.29) is 0 Å². The lowest BCUT2D eigenvalue weighted by Crippen LogP contribution is -2.09. The summed E-state index contributed by atoms with van der Waals surface area (Å²) in [6.45, 7) is 2.49. The number of hydrazine groups is 1. The van der Waals surface area contributed by atoms with Crippen molar-refractivity contribution in [2.45, 2.75) is 13.5 Å². The first-order valence-corrected chi connectivity index (χ1v) is 6.01. The first-order chi connectivity index (χ1) is 8.17. The molecule has 1 aromatic carbocycles. The highest BCUT2D eigenvalue weighted by Gasteiger charge is 2.09. The number of nitrogens with zero attached hydrogens (tertiary/aromatic N) is 1. The fraction of sp³-hybridized carbons (Fsp3) is 0.250. The van der Waals surface area contributed by atoms with Gasteiger partial charge >= 0.3 is 0 Å². The molecule has 5 heteroatoms. The number of nitrogens with two attached hydrogens (primary N) is 1. The highest BCUT2D eigenvalue weighted by molar-refractivity contribution is 9.10. The van der Waals surface area contributed by atoms with Gasteiger partial charge in [0.2, 0.25) is 0 Å². The number of hydrogen-bond acceptors (Lipinski definition) is 4. The van der Waals surface area contributed by atoms with Crippen LogP contribution in [0.15, 0.2) is 22.7 Å². The van der Waals surface area contributed by atoms with Gasteiger partial charge in [0.25, 0.3) is 0 Å². The molecule has 0 aliphatic heterocycles. The van der Waals surface area contributed by atoms with E-state index in [0.717, 1.165) is 32.3 Å². The lowest BCUT2D eigenvalue weighted by molar-refractivity contribution is 0.182. The largest absolute Gasteiger partial charge is 0.378 e. The summed E-state index contributed by atoms with van der Waals surface area (Å²) in [6.07, 6.45) is 0. The van der Waals surface area contributed by atoms with Gasteiger partial charge in [0.15, 0.2) is 0 Å². The Labute approximate surface area is 108 Å². The Hall–Kier alpha value is -1.17. The monoisotopic (exact) mass is 295 g/mol.